The summed E-state index contributed by atoms with van der Waals surface area (Å²) in [5.41, 5.74) is 0. The van der Waals surface area contributed by atoms with Gasteiger partial charge in [0.2, 0.25) is 0 Å². The van der Waals surface area contributed by atoms with Crippen LogP contribution in [0.1, 0.15) is 323 Å². The Morgan fingerprint density at radius 3 is 0.833 bits per heavy atom. The number of carbonyl (C=O) groups excluding carboxylic acids is 4. The van der Waals surface area contributed by atoms with Gasteiger partial charge in [-0.3, -0.25) is 37.3 Å². The molecule has 0 heterocycles. The minimum absolute atomic E-state index is 0.0325. The number of aliphatic hydroxyl groups excluding tert-OH is 1. The second-order valence-electron chi connectivity index (χ2n) is 26.2. The van der Waals surface area contributed by atoms with Crippen LogP contribution in [-0.4, -0.2) is 96.7 Å². The van der Waals surface area contributed by atoms with Crippen LogP contribution in [0.25, 0.3) is 0 Å². The molecule has 19 heteroatoms. The highest BCUT2D eigenvalue weighted by molar-refractivity contribution is 7.47. The van der Waals surface area contributed by atoms with Crippen molar-refractivity contribution in [2.45, 2.75) is 341 Å². The Morgan fingerprint density at radius 1 is 0.284 bits per heavy atom. The minimum atomic E-state index is -5.00. The van der Waals surface area contributed by atoms with E-state index in [0.29, 0.717) is 32.1 Å². The van der Waals surface area contributed by atoms with Gasteiger partial charge in [-0.1, -0.05) is 284 Å². The molecule has 0 bridgehead atoms. The van der Waals surface area contributed by atoms with Crippen LogP contribution in [0.4, 0.5) is 0 Å². The predicted octanol–water partition coefficient (Wildman–Crippen LogP) is 23.1. The molecule has 0 fully saturated rings. The number of ether oxygens (including phenoxy) is 4. The number of esters is 4. The zero-order valence-electron chi connectivity index (χ0n) is 64.0. The summed E-state index contributed by atoms with van der Waals surface area (Å²) in [6, 6.07) is 0. The van der Waals surface area contributed by atoms with Crippen LogP contribution in [0.3, 0.4) is 0 Å². The number of unbranched alkanes of at least 4 members (excludes halogenated alkanes) is 28. The third kappa shape index (κ3) is 73.8. The fraction of sp³-hybridized carbons (Fsp3) is 0.711. The number of carbonyl (C=O) groups is 4. The normalized spacial score (nSPS) is 14.5. The van der Waals surface area contributed by atoms with Gasteiger partial charge in [-0.15, -0.1) is 0 Å². The topological polar surface area (TPSA) is 237 Å². The highest BCUT2D eigenvalue weighted by Crippen LogP contribution is 2.45. The molecule has 0 aliphatic carbocycles. The lowest BCUT2D eigenvalue weighted by molar-refractivity contribution is -0.161. The fourth-order valence-corrected chi connectivity index (χ4v) is 12.0. The molecular weight excluding hydrogens is 1330 g/mol. The van der Waals surface area contributed by atoms with E-state index >= 15 is 0 Å². The van der Waals surface area contributed by atoms with Crippen molar-refractivity contribution in [1.82, 2.24) is 0 Å². The van der Waals surface area contributed by atoms with E-state index in [9.17, 15) is 43.2 Å². The predicted molar refractivity (Wildman–Crippen MR) is 418 cm³/mol. The van der Waals surface area contributed by atoms with Crippen LogP contribution in [0.15, 0.2) is 122 Å². The number of aliphatic hydroxyl groups is 1. The molecular formula is C83H142O17P2. The summed E-state index contributed by atoms with van der Waals surface area (Å²) in [6.45, 7) is 4.56. The summed E-state index contributed by atoms with van der Waals surface area (Å²) in [5.74, 6) is -2.26. The average Bonchev–Trinajstić information content (AvgIpc) is 0.924. The molecule has 0 aromatic carbocycles. The van der Waals surface area contributed by atoms with Crippen molar-refractivity contribution >= 4 is 39.5 Å². The van der Waals surface area contributed by atoms with E-state index in [1.165, 1.54) is 96.3 Å². The zero-order chi connectivity index (χ0) is 74.6. The van der Waals surface area contributed by atoms with E-state index in [-0.39, 0.29) is 25.7 Å². The maximum Gasteiger partial charge on any atom is 0.472 e. The highest BCUT2D eigenvalue weighted by atomic mass is 31.2. The Morgan fingerprint density at radius 2 is 0.510 bits per heavy atom. The number of phosphoric ester groups is 2. The molecule has 0 saturated carbocycles. The number of hydrogen-bond donors (Lipinski definition) is 3. The Labute approximate surface area is 619 Å². The van der Waals surface area contributed by atoms with Crippen LogP contribution in [0.2, 0.25) is 0 Å². The van der Waals surface area contributed by atoms with Crippen molar-refractivity contribution < 1.29 is 80.2 Å². The van der Waals surface area contributed by atoms with Gasteiger partial charge in [0.1, 0.15) is 19.3 Å². The van der Waals surface area contributed by atoms with Gasteiger partial charge in [-0.05, 0) is 135 Å². The molecule has 17 nitrogen and oxygen atoms in total. The number of hydrogen-bond acceptors (Lipinski definition) is 15. The molecule has 0 rings (SSSR count). The summed E-state index contributed by atoms with van der Waals surface area (Å²) in [7, 11) is -9.98. The lowest BCUT2D eigenvalue weighted by Crippen LogP contribution is -2.30. The average molecular weight is 1470 g/mol. The number of phosphoric acid groups is 2. The first-order valence-electron chi connectivity index (χ1n) is 39.8. The van der Waals surface area contributed by atoms with Gasteiger partial charge < -0.3 is 33.8 Å². The quantitative estimate of drug-likeness (QED) is 0.0169. The van der Waals surface area contributed by atoms with E-state index in [0.717, 1.165) is 141 Å². The zero-order valence-corrected chi connectivity index (χ0v) is 65.8. The molecule has 0 aliphatic rings. The van der Waals surface area contributed by atoms with Crippen LogP contribution < -0.4 is 0 Å². The first-order chi connectivity index (χ1) is 49.7. The molecule has 0 radical (unpaired) electrons. The summed E-state index contributed by atoms with van der Waals surface area (Å²) in [4.78, 5) is 73.0. The molecule has 0 aromatic heterocycles. The fourth-order valence-electron chi connectivity index (χ4n) is 10.4. The van der Waals surface area contributed by atoms with Crippen molar-refractivity contribution in [3.05, 3.63) is 122 Å². The van der Waals surface area contributed by atoms with Crippen LogP contribution in [0.5, 0.6) is 0 Å². The van der Waals surface area contributed by atoms with Crippen LogP contribution >= 0.6 is 15.6 Å². The SMILES string of the molecule is CC/C=C\C/C=C\C/C=C\C/C=C\C/C=C\CCCCCC(=O)OCC(COP(=O)(O)OCC(O)COP(=O)(O)OCC(COC(=O)CCCCCCCCCCCCCCCCC)OC(=O)CCCCCCC/C=C\CCCCCC)OC(=O)CCCC/C=C\C/C=C\C/C=C\C/C=C\CC. The highest BCUT2D eigenvalue weighted by Gasteiger charge is 2.30. The maximum atomic E-state index is 13.1. The second-order valence-corrected chi connectivity index (χ2v) is 29.2. The van der Waals surface area contributed by atoms with Gasteiger partial charge in [-0.2, -0.15) is 0 Å². The maximum absolute atomic E-state index is 13.1. The summed E-state index contributed by atoms with van der Waals surface area (Å²) < 4.78 is 68.5. The van der Waals surface area contributed by atoms with Crippen molar-refractivity contribution in [2.24, 2.45) is 0 Å². The third-order valence-corrected chi connectivity index (χ3v) is 18.3. The Bertz CT molecular complexity index is 2410. The third-order valence-electron chi connectivity index (χ3n) is 16.4. The Kier molecular flexibility index (Phi) is 71.4. The van der Waals surface area contributed by atoms with Crippen LogP contribution in [0, 0.1) is 0 Å². The van der Waals surface area contributed by atoms with E-state index in [1.54, 1.807) is 0 Å². The number of rotatable bonds is 74. The van der Waals surface area contributed by atoms with E-state index in [1.807, 2.05) is 0 Å². The molecule has 0 aromatic rings. The van der Waals surface area contributed by atoms with E-state index in [2.05, 4.69) is 149 Å². The second kappa shape index (κ2) is 74.7. The van der Waals surface area contributed by atoms with Gasteiger partial charge in [0.05, 0.1) is 26.4 Å². The van der Waals surface area contributed by atoms with E-state index in [4.69, 9.17) is 37.0 Å². The molecule has 0 amide bonds. The Hall–Kier alpha value is -4.54. The molecule has 586 valence electrons. The van der Waals surface area contributed by atoms with Gasteiger partial charge in [0.15, 0.2) is 12.2 Å². The first kappa shape index (κ1) is 97.5. The van der Waals surface area contributed by atoms with Crippen LogP contribution in [-0.2, 0) is 65.4 Å². The summed E-state index contributed by atoms with van der Waals surface area (Å²) in [5, 5.41) is 10.6. The molecule has 3 N–H and O–H groups in total. The molecule has 0 saturated heterocycles. The largest absolute Gasteiger partial charge is 0.472 e. The van der Waals surface area contributed by atoms with Gasteiger partial charge >= 0.3 is 39.5 Å². The van der Waals surface area contributed by atoms with Crippen molar-refractivity contribution in [2.75, 3.05) is 39.6 Å². The van der Waals surface area contributed by atoms with Crippen molar-refractivity contribution in [1.29, 1.82) is 0 Å². The summed E-state index contributed by atoms with van der Waals surface area (Å²) >= 11 is 0. The van der Waals surface area contributed by atoms with Gasteiger partial charge in [-0.25, -0.2) is 9.13 Å². The van der Waals surface area contributed by atoms with Crippen molar-refractivity contribution in [3.8, 4) is 0 Å². The van der Waals surface area contributed by atoms with Gasteiger partial charge in [0, 0.05) is 25.7 Å². The molecule has 5 atom stereocenters. The molecule has 0 aliphatic heterocycles. The molecule has 102 heavy (non-hydrogen) atoms. The lowest BCUT2D eigenvalue weighted by Gasteiger charge is -2.21. The first-order valence-corrected chi connectivity index (χ1v) is 42.8. The standard InChI is InChI=1S/C83H142O17P2/c1-5-9-13-17-21-25-29-33-36-37-38-39-42-45-48-52-56-60-64-68-81(86)94-74-79(100-83(88)70-66-62-58-54-50-46-41-35-31-27-23-19-15-11-7-3)76-98-102(91,92)96-72-77(84)71-95-101(89,90)97-75-78(99-82(87)69-65-61-57-53-49-43-32-28-24-20-16-12-8-4)73-93-80(85)67-63-59-55-51-47-44-40-34-30-26-22-18-14-10-6-2/h9,11,13,15,21,23,25,27-28,32-33,35-36,38-39,41,45,48,50,54,77-79,84H,5-8,10,12,14,16-20,22,24,26,29-31,34,37,40,42-44,46-47,49,51-53,55-76H2,1-4H3,(H,89,90)(H,91,92)/b13-9-,15-11-,25-21-,27-23-,32-28-,36-33-,39-38-,41-35-,48-45-,54-50-. The lowest BCUT2D eigenvalue weighted by atomic mass is 10.0. The minimum Gasteiger partial charge on any atom is -0.462 e. The molecule has 0 spiro atoms. The monoisotopic (exact) mass is 1470 g/mol. The van der Waals surface area contributed by atoms with E-state index < -0.39 is 97.5 Å². The summed E-state index contributed by atoms with van der Waals surface area (Å²) in [6.07, 6.45) is 81.8. The van der Waals surface area contributed by atoms with Gasteiger partial charge in [0.25, 0.3) is 0 Å². The molecule has 5 unspecified atom stereocenters. The smallest absolute Gasteiger partial charge is 0.462 e. The Balaban J connectivity index is 5.41. The number of allylic oxidation sites excluding steroid dienone is 20. The van der Waals surface area contributed by atoms with Crippen molar-refractivity contribution in [3.63, 3.8) is 0 Å².